The zero-order valence-corrected chi connectivity index (χ0v) is 8.97. The highest BCUT2D eigenvalue weighted by Crippen LogP contribution is 2.12. The van der Waals surface area contributed by atoms with E-state index in [-0.39, 0.29) is 6.10 Å². The van der Waals surface area contributed by atoms with E-state index < -0.39 is 0 Å². The molecule has 0 aliphatic carbocycles. The number of hydrogen-bond acceptors (Lipinski definition) is 1. The van der Waals surface area contributed by atoms with Gasteiger partial charge in [-0.25, -0.2) is 0 Å². The van der Waals surface area contributed by atoms with E-state index in [0.717, 1.165) is 17.3 Å². The predicted molar refractivity (Wildman–Crippen MR) is 53.6 cm³/mol. The van der Waals surface area contributed by atoms with Crippen LogP contribution >= 0.6 is 22.6 Å². The molecule has 0 aliphatic rings. The van der Waals surface area contributed by atoms with Crippen molar-refractivity contribution < 1.29 is 5.11 Å². The van der Waals surface area contributed by atoms with Crippen LogP contribution in [0.15, 0.2) is 0 Å². The molecular formula is C8H17IO. The van der Waals surface area contributed by atoms with Crippen molar-refractivity contribution in [2.45, 2.75) is 39.2 Å². The van der Waals surface area contributed by atoms with Crippen LogP contribution in [-0.2, 0) is 0 Å². The largest absolute Gasteiger partial charge is 0.393 e. The fourth-order valence-electron chi connectivity index (χ4n) is 0.801. The van der Waals surface area contributed by atoms with Crippen LogP contribution in [0.1, 0.15) is 33.1 Å². The Kier molecular flexibility index (Phi) is 6.85. The quantitative estimate of drug-likeness (QED) is 0.592. The Balaban J connectivity index is 3.31. The van der Waals surface area contributed by atoms with Gasteiger partial charge in [-0.3, -0.25) is 0 Å². The van der Waals surface area contributed by atoms with Gasteiger partial charge in [0.25, 0.3) is 0 Å². The van der Waals surface area contributed by atoms with Gasteiger partial charge in [-0.05, 0) is 12.3 Å². The molecule has 1 nitrogen and oxygen atoms in total. The molecule has 0 amide bonds. The number of hydrogen-bond donors (Lipinski definition) is 1. The molecule has 0 aromatic heterocycles. The monoisotopic (exact) mass is 256 g/mol. The summed E-state index contributed by atoms with van der Waals surface area (Å²) in [4.78, 5) is 0. The summed E-state index contributed by atoms with van der Waals surface area (Å²) < 4.78 is 1.06. The summed E-state index contributed by atoms with van der Waals surface area (Å²) in [6, 6.07) is 0. The third-order valence-corrected chi connectivity index (χ3v) is 3.14. The SMILES string of the molecule is CCCCC(O)C(C)CI. The lowest BCUT2D eigenvalue weighted by Gasteiger charge is -2.15. The number of aliphatic hydroxyl groups excluding tert-OH is 1. The number of aliphatic hydroxyl groups is 1. The minimum absolute atomic E-state index is 0.0724. The topological polar surface area (TPSA) is 20.2 Å². The molecule has 2 heteroatoms. The Morgan fingerprint density at radius 3 is 2.50 bits per heavy atom. The Labute approximate surface area is 77.3 Å². The molecule has 0 saturated carbocycles. The van der Waals surface area contributed by atoms with Gasteiger partial charge in [0, 0.05) is 4.43 Å². The fraction of sp³-hybridized carbons (Fsp3) is 1.00. The third-order valence-electron chi connectivity index (χ3n) is 1.75. The van der Waals surface area contributed by atoms with Crippen LogP contribution in [0.25, 0.3) is 0 Å². The van der Waals surface area contributed by atoms with E-state index in [1.165, 1.54) is 6.42 Å². The first-order chi connectivity index (χ1) is 4.72. The summed E-state index contributed by atoms with van der Waals surface area (Å²) in [5, 5.41) is 9.44. The van der Waals surface area contributed by atoms with E-state index in [0.29, 0.717) is 5.92 Å². The Bertz CT molecular complexity index is 75.7. The maximum Gasteiger partial charge on any atom is 0.0573 e. The lowest BCUT2D eigenvalue weighted by molar-refractivity contribution is 0.117. The third kappa shape index (κ3) is 4.50. The Morgan fingerprint density at radius 1 is 1.50 bits per heavy atom. The average molecular weight is 256 g/mol. The predicted octanol–water partition coefficient (Wildman–Crippen LogP) is 2.61. The van der Waals surface area contributed by atoms with Crippen LogP contribution in [0.4, 0.5) is 0 Å². The number of alkyl halides is 1. The molecule has 0 heterocycles. The van der Waals surface area contributed by atoms with E-state index >= 15 is 0 Å². The molecule has 0 aromatic rings. The summed E-state index contributed by atoms with van der Waals surface area (Å²) in [5.41, 5.74) is 0. The second-order valence-electron chi connectivity index (χ2n) is 2.84. The maximum atomic E-state index is 9.44. The van der Waals surface area contributed by atoms with E-state index in [2.05, 4.69) is 36.4 Å². The van der Waals surface area contributed by atoms with Gasteiger partial charge in [0.15, 0.2) is 0 Å². The highest BCUT2D eigenvalue weighted by molar-refractivity contribution is 14.1. The number of halogens is 1. The van der Waals surface area contributed by atoms with Crippen molar-refractivity contribution >= 4 is 22.6 Å². The second kappa shape index (κ2) is 6.40. The first kappa shape index (κ1) is 10.7. The van der Waals surface area contributed by atoms with Crippen molar-refractivity contribution in [1.82, 2.24) is 0 Å². The van der Waals surface area contributed by atoms with Crippen molar-refractivity contribution in [1.29, 1.82) is 0 Å². The van der Waals surface area contributed by atoms with Crippen LogP contribution in [0.2, 0.25) is 0 Å². The summed E-state index contributed by atoms with van der Waals surface area (Å²) in [6.45, 7) is 4.26. The highest BCUT2D eigenvalue weighted by Gasteiger charge is 2.10. The van der Waals surface area contributed by atoms with Gasteiger partial charge in [-0.15, -0.1) is 0 Å². The molecule has 1 N–H and O–H groups in total. The van der Waals surface area contributed by atoms with Crippen molar-refractivity contribution in [3.63, 3.8) is 0 Å². The average Bonchev–Trinajstić information content (AvgIpc) is 1.98. The molecule has 0 rings (SSSR count). The van der Waals surface area contributed by atoms with Gasteiger partial charge in [0.1, 0.15) is 0 Å². The van der Waals surface area contributed by atoms with Crippen LogP contribution in [0, 0.1) is 5.92 Å². The zero-order valence-electron chi connectivity index (χ0n) is 6.81. The molecule has 2 unspecified atom stereocenters. The van der Waals surface area contributed by atoms with Gasteiger partial charge in [-0.2, -0.15) is 0 Å². The van der Waals surface area contributed by atoms with Crippen LogP contribution in [0.3, 0.4) is 0 Å². The first-order valence-electron chi connectivity index (χ1n) is 3.96. The molecule has 10 heavy (non-hydrogen) atoms. The van der Waals surface area contributed by atoms with E-state index in [1.54, 1.807) is 0 Å². The normalized spacial score (nSPS) is 16.8. The summed E-state index contributed by atoms with van der Waals surface area (Å²) >= 11 is 2.32. The highest BCUT2D eigenvalue weighted by atomic mass is 127. The molecule has 0 radical (unpaired) electrons. The van der Waals surface area contributed by atoms with Crippen molar-refractivity contribution in [2.24, 2.45) is 5.92 Å². The first-order valence-corrected chi connectivity index (χ1v) is 5.49. The van der Waals surface area contributed by atoms with Crippen LogP contribution in [0.5, 0.6) is 0 Å². The van der Waals surface area contributed by atoms with E-state index in [1.807, 2.05) is 0 Å². The van der Waals surface area contributed by atoms with Gasteiger partial charge < -0.3 is 5.11 Å². The molecule has 0 spiro atoms. The minimum atomic E-state index is -0.0724. The van der Waals surface area contributed by atoms with E-state index in [4.69, 9.17) is 0 Å². The standard InChI is InChI=1S/C8H17IO/c1-3-4-5-8(10)7(2)6-9/h7-8,10H,3-6H2,1-2H3. The summed E-state index contributed by atoms with van der Waals surface area (Å²) in [6.07, 6.45) is 3.24. The molecule has 0 bridgehead atoms. The van der Waals surface area contributed by atoms with Crippen molar-refractivity contribution in [3.8, 4) is 0 Å². The smallest absolute Gasteiger partial charge is 0.0573 e. The molecule has 0 aliphatic heterocycles. The Morgan fingerprint density at radius 2 is 2.10 bits per heavy atom. The number of rotatable bonds is 5. The lowest BCUT2D eigenvalue weighted by Crippen LogP contribution is -2.18. The zero-order chi connectivity index (χ0) is 7.98. The summed E-state index contributed by atoms with van der Waals surface area (Å²) in [7, 11) is 0. The summed E-state index contributed by atoms with van der Waals surface area (Å²) in [5.74, 6) is 0.465. The van der Waals surface area contributed by atoms with Crippen LogP contribution in [-0.4, -0.2) is 15.6 Å². The fourth-order valence-corrected chi connectivity index (χ4v) is 1.39. The van der Waals surface area contributed by atoms with Gasteiger partial charge >= 0.3 is 0 Å². The van der Waals surface area contributed by atoms with Gasteiger partial charge in [0.05, 0.1) is 6.10 Å². The lowest BCUT2D eigenvalue weighted by atomic mass is 10.0. The van der Waals surface area contributed by atoms with Crippen molar-refractivity contribution in [3.05, 3.63) is 0 Å². The number of unbranched alkanes of at least 4 members (excludes halogenated alkanes) is 1. The molecule has 0 fully saturated rings. The van der Waals surface area contributed by atoms with Gasteiger partial charge in [0.2, 0.25) is 0 Å². The maximum absolute atomic E-state index is 9.44. The van der Waals surface area contributed by atoms with Crippen molar-refractivity contribution in [2.75, 3.05) is 4.43 Å². The van der Waals surface area contributed by atoms with Crippen LogP contribution < -0.4 is 0 Å². The molecule has 62 valence electrons. The Hall–Kier alpha value is 0.690. The molecule has 2 atom stereocenters. The molecule has 0 aromatic carbocycles. The molecule has 0 saturated heterocycles. The van der Waals surface area contributed by atoms with E-state index in [9.17, 15) is 5.11 Å². The second-order valence-corrected chi connectivity index (χ2v) is 3.72. The molecular weight excluding hydrogens is 239 g/mol. The minimum Gasteiger partial charge on any atom is -0.393 e. The van der Waals surface area contributed by atoms with Gasteiger partial charge in [-0.1, -0.05) is 49.3 Å².